The lowest BCUT2D eigenvalue weighted by molar-refractivity contribution is -0.142. The van der Waals surface area contributed by atoms with Crippen molar-refractivity contribution in [3.63, 3.8) is 0 Å². The number of hydrogen-bond acceptors (Lipinski definition) is 5. The van der Waals surface area contributed by atoms with Crippen LogP contribution in [-0.2, 0) is 16.0 Å². The number of rotatable bonds is 6. The van der Waals surface area contributed by atoms with Gasteiger partial charge in [0.1, 0.15) is 17.5 Å². The van der Waals surface area contributed by atoms with Crippen molar-refractivity contribution in [1.29, 1.82) is 0 Å². The zero-order valence-electron chi connectivity index (χ0n) is 11.3. The van der Waals surface area contributed by atoms with Gasteiger partial charge < -0.3 is 20.7 Å². The Morgan fingerprint density at radius 3 is 2.47 bits per heavy atom. The molecule has 5 heteroatoms. The molecule has 1 aromatic rings. The second-order valence-corrected chi connectivity index (χ2v) is 4.78. The summed E-state index contributed by atoms with van der Waals surface area (Å²) in [7, 11) is 1.31. The molecule has 19 heavy (non-hydrogen) atoms. The smallest absolute Gasteiger partial charge is 0.322 e. The van der Waals surface area contributed by atoms with Gasteiger partial charge in [0.05, 0.1) is 7.11 Å². The first kappa shape index (κ1) is 15.3. The Hall–Kier alpha value is -1.75. The lowest BCUT2D eigenvalue weighted by atomic mass is 9.94. The number of hydrogen-bond donors (Lipinski definition) is 3. The first-order chi connectivity index (χ1) is 8.95. The SMILES string of the molecule is COC(=O)C(N)CC(C)CCc1c(O)cccc1O. The molecule has 0 aromatic heterocycles. The number of carbonyl (C=O) groups excluding carboxylic acids is 1. The predicted molar refractivity (Wildman–Crippen MR) is 71.9 cm³/mol. The highest BCUT2D eigenvalue weighted by Gasteiger charge is 2.18. The van der Waals surface area contributed by atoms with Gasteiger partial charge in [-0.15, -0.1) is 0 Å². The molecule has 5 nitrogen and oxygen atoms in total. The van der Waals surface area contributed by atoms with Crippen LogP contribution in [0, 0.1) is 5.92 Å². The van der Waals surface area contributed by atoms with Gasteiger partial charge in [0.2, 0.25) is 0 Å². The summed E-state index contributed by atoms with van der Waals surface area (Å²) in [4.78, 5) is 11.2. The third kappa shape index (κ3) is 4.44. The van der Waals surface area contributed by atoms with Crippen molar-refractivity contribution in [2.75, 3.05) is 7.11 Å². The number of phenols is 2. The number of methoxy groups -OCH3 is 1. The van der Waals surface area contributed by atoms with Crippen LogP contribution in [0.5, 0.6) is 11.5 Å². The van der Waals surface area contributed by atoms with Crippen LogP contribution in [0.2, 0.25) is 0 Å². The van der Waals surface area contributed by atoms with E-state index in [0.29, 0.717) is 18.4 Å². The summed E-state index contributed by atoms with van der Waals surface area (Å²) < 4.78 is 4.57. The van der Waals surface area contributed by atoms with Gasteiger partial charge in [-0.2, -0.15) is 0 Å². The molecule has 0 saturated heterocycles. The summed E-state index contributed by atoms with van der Waals surface area (Å²) in [5.74, 6) is -0.0562. The number of ether oxygens (including phenoxy) is 1. The highest BCUT2D eigenvalue weighted by molar-refractivity contribution is 5.75. The third-order valence-corrected chi connectivity index (χ3v) is 3.17. The van der Waals surface area contributed by atoms with Gasteiger partial charge in [-0.05, 0) is 37.3 Å². The van der Waals surface area contributed by atoms with Gasteiger partial charge in [-0.3, -0.25) is 4.79 Å². The predicted octanol–water partition coefficient (Wildman–Crippen LogP) is 1.56. The fourth-order valence-corrected chi connectivity index (χ4v) is 2.01. The molecule has 0 radical (unpaired) electrons. The molecule has 0 aliphatic rings. The van der Waals surface area contributed by atoms with E-state index in [1.165, 1.54) is 7.11 Å². The van der Waals surface area contributed by atoms with E-state index < -0.39 is 12.0 Å². The molecule has 0 heterocycles. The fourth-order valence-electron chi connectivity index (χ4n) is 2.01. The maximum atomic E-state index is 11.2. The van der Waals surface area contributed by atoms with Crippen LogP contribution in [0.1, 0.15) is 25.3 Å². The molecule has 106 valence electrons. The summed E-state index contributed by atoms with van der Waals surface area (Å²) in [5.41, 5.74) is 6.21. The first-order valence-corrected chi connectivity index (χ1v) is 6.29. The van der Waals surface area contributed by atoms with Crippen molar-refractivity contribution in [2.45, 2.75) is 32.2 Å². The Labute approximate surface area is 113 Å². The van der Waals surface area contributed by atoms with Crippen LogP contribution in [0.4, 0.5) is 0 Å². The first-order valence-electron chi connectivity index (χ1n) is 6.29. The summed E-state index contributed by atoms with van der Waals surface area (Å²) in [5, 5.41) is 19.3. The molecule has 0 bridgehead atoms. The van der Waals surface area contributed by atoms with Crippen molar-refractivity contribution in [3.05, 3.63) is 23.8 Å². The van der Waals surface area contributed by atoms with Crippen LogP contribution in [0.15, 0.2) is 18.2 Å². The highest BCUT2D eigenvalue weighted by atomic mass is 16.5. The van der Waals surface area contributed by atoms with Crippen LogP contribution < -0.4 is 5.73 Å². The van der Waals surface area contributed by atoms with Crippen molar-refractivity contribution in [1.82, 2.24) is 0 Å². The monoisotopic (exact) mass is 267 g/mol. The second-order valence-electron chi connectivity index (χ2n) is 4.78. The molecule has 4 N–H and O–H groups in total. The maximum Gasteiger partial charge on any atom is 0.322 e. The fraction of sp³-hybridized carbons (Fsp3) is 0.500. The Morgan fingerprint density at radius 1 is 1.37 bits per heavy atom. The van der Waals surface area contributed by atoms with E-state index in [0.717, 1.165) is 6.42 Å². The van der Waals surface area contributed by atoms with Crippen molar-refractivity contribution in [2.24, 2.45) is 11.7 Å². The molecule has 0 amide bonds. The van der Waals surface area contributed by atoms with Crippen molar-refractivity contribution >= 4 is 5.97 Å². The largest absolute Gasteiger partial charge is 0.508 e. The number of phenolic OH excluding ortho intramolecular Hbond substituents is 2. The molecule has 2 unspecified atom stereocenters. The van der Waals surface area contributed by atoms with Gasteiger partial charge >= 0.3 is 5.97 Å². The van der Waals surface area contributed by atoms with Crippen molar-refractivity contribution < 1.29 is 19.7 Å². The van der Waals surface area contributed by atoms with E-state index in [2.05, 4.69) is 4.74 Å². The third-order valence-electron chi connectivity index (χ3n) is 3.17. The molecular weight excluding hydrogens is 246 g/mol. The average Bonchev–Trinajstić information content (AvgIpc) is 2.37. The highest BCUT2D eigenvalue weighted by Crippen LogP contribution is 2.29. The number of carbonyl (C=O) groups is 1. The minimum Gasteiger partial charge on any atom is -0.508 e. The summed E-state index contributed by atoms with van der Waals surface area (Å²) >= 11 is 0. The minimum atomic E-state index is -0.627. The van der Waals surface area contributed by atoms with Gasteiger partial charge in [-0.25, -0.2) is 0 Å². The molecule has 0 aliphatic heterocycles. The lowest BCUT2D eigenvalue weighted by Gasteiger charge is -2.16. The molecule has 2 atom stereocenters. The number of benzene rings is 1. The summed E-state index contributed by atoms with van der Waals surface area (Å²) in [6.07, 6.45) is 1.77. The summed E-state index contributed by atoms with van der Waals surface area (Å²) in [6.45, 7) is 1.97. The minimum absolute atomic E-state index is 0.0875. The summed E-state index contributed by atoms with van der Waals surface area (Å²) in [6, 6.07) is 4.04. The van der Waals surface area contributed by atoms with E-state index >= 15 is 0 Å². The van der Waals surface area contributed by atoms with Gasteiger partial charge in [0, 0.05) is 5.56 Å². The number of esters is 1. The molecule has 0 fully saturated rings. The number of aromatic hydroxyl groups is 2. The Balaban J connectivity index is 2.50. The molecule has 0 spiro atoms. The standard InChI is InChI=1S/C14H21NO4/c1-9(8-11(15)14(18)19-2)6-7-10-12(16)4-3-5-13(10)17/h3-5,9,11,16-17H,6-8,15H2,1-2H3. The van der Waals surface area contributed by atoms with E-state index in [-0.39, 0.29) is 17.4 Å². The second kappa shape index (κ2) is 6.99. The Morgan fingerprint density at radius 2 is 1.95 bits per heavy atom. The van der Waals surface area contributed by atoms with Gasteiger partial charge in [-0.1, -0.05) is 13.0 Å². The van der Waals surface area contributed by atoms with E-state index in [1.54, 1.807) is 18.2 Å². The zero-order chi connectivity index (χ0) is 14.4. The van der Waals surface area contributed by atoms with Gasteiger partial charge in [0.25, 0.3) is 0 Å². The Bertz CT molecular complexity index is 413. The maximum absolute atomic E-state index is 11.2. The van der Waals surface area contributed by atoms with Crippen LogP contribution in [0.3, 0.4) is 0 Å². The van der Waals surface area contributed by atoms with Crippen molar-refractivity contribution in [3.8, 4) is 11.5 Å². The quantitative estimate of drug-likeness (QED) is 0.680. The number of nitrogens with two attached hydrogens (primary N) is 1. The van der Waals surface area contributed by atoms with E-state index in [4.69, 9.17) is 5.73 Å². The van der Waals surface area contributed by atoms with Crippen LogP contribution >= 0.6 is 0 Å². The molecular formula is C14H21NO4. The zero-order valence-corrected chi connectivity index (χ0v) is 11.3. The van der Waals surface area contributed by atoms with E-state index in [9.17, 15) is 15.0 Å². The Kier molecular flexibility index (Phi) is 5.63. The molecule has 0 saturated carbocycles. The topological polar surface area (TPSA) is 92.8 Å². The van der Waals surface area contributed by atoms with Crippen LogP contribution in [0.25, 0.3) is 0 Å². The normalized spacial score (nSPS) is 13.8. The molecule has 1 aromatic carbocycles. The lowest BCUT2D eigenvalue weighted by Crippen LogP contribution is -2.33. The molecule has 1 rings (SSSR count). The van der Waals surface area contributed by atoms with E-state index in [1.807, 2.05) is 6.92 Å². The average molecular weight is 267 g/mol. The van der Waals surface area contributed by atoms with Crippen LogP contribution in [-0.4, -0.2) is 29.3 Å². The molecule has 0 aliphatic carbocycles. The van der Waals surface area contributed by atoms with Gasteiger partial charge in [0.15, 0.2) is 0 Å².